The molecule has 1 saturated heterocycles. The molecule has 0 bridgehead atoms. The van der Waals surface area contributed by atoms with Gasteiger partial charge in [0, 0.05) is 39.9 Å². The highest BCUT2D eigenvalue weighted by Gasteiger charge is 2.14. The lowest BCUT2D eigenvalue weighted by molar-refractivity contribution is 0.161. The summed E-state index contributed by atoms with van der Waals surface area (Å²) in [5.74, 6) is 0.731. The van der Waals surface area contributed by atoms with Crippen molar-refractivity contribution in [1.29, 1.82) is 0 Å². The number of rotatable bonds is 8. The van der Waals surface area contributed by atoms with E-state index in [1.54, 1.807) is 7.11 Å². The molecule has 0 aromatic heterocycles. The molecule has 0 aromatic rings. The van der Waals surface area contributed by atoms with Gasteiger partial charge in [-0.05, 0) is 19.4 Å². The van der Waals surface area contributed by atoms with Gasteiger partial charge in [0.1, 0.15) is 0 Å². The predicted octanol–water partition coefficient (Wildman–Crippen LogP) is 0.191. The van der Waals surface area contributed by atoms with Crippen LogP contribution in [0.3, 0.4) is 0 Å². The van der Waals surface area contributed by atoms with E-state index in [2.05, 4.69) is 17.3 Å². The van der Waals surface area contributed by atoms with Gasteiger partial charge in [-0.1, -0.05) is 0 Å². The average Bonchev–Trinajstić information content (AvgIpc) is 2.74. The first-order valence-corrected chi connectivity index (χ1v) is 5.79. The van der Waals surface area contributed by atoms with Gasteiger partial charge in [-0.2, -0.15) is 0 Å². The molecule has 1 unspecified atom stereocenters. The van der Waals surface area contributed by atoms with E-state index in [4.69, 9.17) is 9.47 Å². The molecule has 1 aliphatic rings. The molecule has 15 heavy (non-hydrogen) atoms. The summed E-state index contributed by atoms with van der Waals surface area (Å²) in [5, 5.41) is 3.47. The largest absolute Gasteiger partial charge is 0.383 e. The van der Waals surface area contributed by atoms with Crippen LogP contribution in [0.15, 0.2) is 0 Å². The van der Waals surface area contributed by atoms with E-state index in [0.717, 1.165) is 51.9 Å². The van der Waals surface area contributed by atoms with E-state index >= 15 is 0 Å². The maximum absolute atomic E-state index is 5.32. The van der Waals surface area contributed by atoms with Crippen molar-refractivity contribution in [2.45, 2.75) is 6.42 Å². The fourth-order valence-corrected chi connectivity index (χ4v) is 1.68. The summed E-state index contributed by atoms with van der Waals surface area (Å²) >= 11 is 0. The zero-order chi connectivity index (χ0) is 10.9. The number of nitrogens with one attached hydrogen (secondary N) is 1. The van der Waals surface area contributed by atoms with E-state index in [1.165, 1.54) is 6.42 Å². The van der Waals surface area contributed by atoms with E-state index in [1.807, 2.05) is 0 Å². The van der Waals surface area contributed by atoms with Crippen molar-refractivity contribution in [3.63, 3.8) is 0 Å². The van der Waals surface area contributed by atoms with Crippen LogP contribution >= 0.6 is 0 Å². The van der Waals surface area contributed by atoms with Gasteiger partial charge >= 0.3 is 0 Å². The molecule has 4 heteroatoms. The van der Waals surface area contributed by atoms with Crippen LogP contribution in [0.4, 0.5) is 0 Å². The Hall–Kier alpha value is -0.160. The molecular formula is C11H24N2O2. The zero-order valence-electron chi connectivity index (χ0n) is 10.00. The number of hydrogen-bond acceptors (Lipinski definition) is 4. The van der Waals surface area contributed by atoms with Gasteiger partial charge in [0.25, 0.3) is 0 Å². The van der Waals surface area contributed by atoms with Crippen LogP contribution in [0.2, 0.25) is 0 Å². The van der Waals surface area contributed by atoms with Crippen LogP contribution < -0.4 is 5.32 Å². The smallest absolute Gasteiger partial charge is 0.0589 e. The Morgan fingerprint density at radius 3 is 3.00 bits per heavy atom. The van der Waals surface area contributed by atoms with Crippen molar-refractivity contribution in [3.05, 3.63) is 0 Å². The first kappa shape index (κ1) is 12.9. The van der Waals surface area contributed by atoms with Crippen molar-refractivity contribution in [3.8, 4) is 0 Å². The number of hydrogen-bond donors (Lipinski definition) is 1. The Bertz CT molecular complexity index is 150. The lowest BCUT2D eigenvalue weighted by Crippen LogP contribution is -2.33. The summed E-state index contributed by atoms with van der Waals surface area (Å²) in [5.41, 5.74) is 0. The van der Waals surface area contributed by atoms with Gasteiger partial charge < -0.3 is 19.7 Å². The minimum Gasteiger partial charge on any atom is -0.383 e. The van der Waals surface area contributed by atoms with E-state index in [0.29, 0.717) is 0 Å². The summed E-state index contributed by atoms with van der Waals surface area (Å²) in [6.07, 6.45) is 1.21. The highest BCUT2D eigenvalue weighted by atomic mass is 16.5. The first-order valence-electron chi connectivity index (χ1n) is 5.79. The minimum absolute atomic E-state index is 0.731. The molecule has 0 aromatic carbocycles. The summed E-state index contributed by atoms with van der Waals surface area (Å²) < 4.78 is 10.3. The molecule has 1 aliphatic heterocycles. The normalized spacial score (nSPS) is 21.4. The molecule has 1 fully saturated rings. The van der Waals surface area contributed by atoms with E-state index in [9.17, 15) is 0 Å². The van der Waals surface area contributed by atoms with Crippen LogP contribution in [0.1, 0.15) is 6.42 Å². The molecule has 4 nitrogen and oxygen atoms in total. The standard InChI is InChI=1S/C11H24N2O2/c1-13(6-8-14-2)5-4-12-9-11-3-7-15-10-11/h11-12H,3-10H2,1-2H3. The molecule has 1 rings (SSSR count). The van der Waals surface area contributed by atoms with Gasteiger partial charge in [-0.25, -0.2) is 0 Å². The number of nitrogens with zero attached hydrogens (tertiary/aromatic N) is 1. The van der Waals surface area contributed by atoms with Gasteiger partial charge in [-0.3, -0.25) is 0 Å². The molecule has 1 N–H and O–H groups in total. The molecule has 0 aliphatic carbocycles. The molecule has 1 heterocycles. The van der Waals surface area contributed by atoms with Crippen molar-refractivity contribution in [2.24, 2.45) is 5.92 Å². The number of likely N-dealkylation sites (N-methyl/N-ethyl adjacent to an activating group) is 1. The summed E-state index contributed by atoms with van der Waals surface area (Å²) in [7, 11) is 3.87. The second-order valence-electron chi connectivity index (χ2n) is 4.23. The highest BCUT2D eigenvalue weighted by molar-refractivity contribution is 4.67. The Kier molecular flexibility index (Phi) is 6.92. The molecule has 0 saturated carbocycles. The van der Waals surface area contributed by atoms with Gasteiger partial charge in [0.2, 0.25) is 0 Å². The minimum atomic E-state index is 0.731. The van der Waals surface area contributed by atoms with Crippen LogP contribution in [-0.4, -0.2) is 65.1 Å². The molecule has 90 valence electrons. The Balaban J connectivity index is 1.87. The SMILES string of the molecule is COCCN(C)CCNCC1CCOC1. The van der Waals surface area contributed by atoms with Gasteiger partial charge in [-0.15, -0.1) is 0 Å². The maximum Gasteiger partial charge on any atom is 0.0589 e. The lowest BCUT2D eigenvalue weighted by Gasteiger charge is -2.17. The molecule has 1 atom stereocenters. The van der Waals surface area contributed by atoms with Crippen LogP contribution in [0.5, 0.6) is 0 Å². The predicted molar refractivity (Wildman–Crippen MR) is 61.2 cm³/mol. The van der Waals surface area contributed by atoms with Crippen LogP contribution in [0, 0.1) is 5.92 Å². The van der Waals surface area contributed by atoms with Crippen LogP contribution in [0.25, 0.3) is 0 Å². The fourth-order valence-electron chi connectivity index (χ4n) is 1.68. The Labute approximate surface area is 92.9 Å². The van der Waals surface area contributed by atoms with E-state index in [-0.39, 0.29) is 0 Å². The maximum atomic E-state index is 5.32. The topological polar surface area (TPSA) is 33.7 Å². The van der Waals surface area contributed by atoms with Gasteiger partial charge in [0.05, 0.1) is 13.2 Å². The third-order valence-corrected chi connectivity index (χ3v) is 2.80. The zero-order valence-corrected chi connectivity index (χ0v) is 10.00. The van der Waals surface area contributed by atoms with Crippen molar-refractivity contribution >= 4 is 0 Å². The molecular weight excluding hydrogens is 192 g/mol. The molecule has 0 spiro atoms. The second-order valence-corrected chi connectivity index (χ2v) is 4.23. The summed E-state index contributed by atoms with van der Waals surface area (Å²) in [6.45, 7) is 6.93. The van der Waals surface area contributed by atoms with Gasteiger partial charge in [0.15, 0.2) is 0 Å². The van der Waals surface area contributed by atoms with Crippen molar-refractivity contribution in [1.82, 2.24) is 10.2 Å². The summed E-state index contributed by atoms with van der Waals surface area (Å²) in [4.78, 5) is 2.28. The highest BCUT2D eigenvalue weighted by Crippen LogP contribution is 2.10. The monoisotopic (exact) mass is 216 g/mol. The number of methoxy groups -OCH3 is 1. The third kappa shape index (κ3) is 6.10. The fraction of sp³-hybridized carbons (Fsp3) is 1.00. The first-order chi connectivity index (χ1) is 7.33. The average molecular weight is 216 g/mol. The summed E-state index contributed by atoms with van der Waals surface area (Å²) in [6, 6.07) is 0. The molecule has 0 radical (unpaired) electrons. The van der Waals surface area contributed by atoms with Crippen molar-refractivity contribution < 1.29 is 9.47 Å². The Morgan fingerprint density at radius 1 is 1.47 bits per heavy atom. The Morgan fingerprint density at radius 2 is 2.33 bits per heavy atom. The second kappa shape index (κ2) is 8.05. The lowest BCUT2D eigenvalue weighted by atomic mass is 10.1. The number of ether oxygens (including phenoxy) is 2. The van der Waals surface area contributed by atoms with Crippen molar-refractivity contribution in [2.75, 3.05) is 60.2 Å². The molecule has 0 amide bonds. The van der Waals surface area contributed by atoms with Crippen LogP contribution in [-0.2, 0) is 9.47 Å². The van der Waals surface area contributed by atoms with E-state index < -0.39 is 0 Å². The third-order valence-electron chi connectivity index (χ3n) is 2.80. The quantitative estimate of drug-likeness (QED) is 0.587.